The average Bonchev–Trinajstić information content (AvgIpc) is 2.41. The molecule has 5 heteroatoms. The van der Waals surface area contributed by atoms with Crippen LogP contribution in [0.15, 0.2) is 22.7 Å². The van der Waals surface area contributed by atoms with Gasteiger partial charge in [0.1, 0.15) is 11.5 Å². The first-order chi connectivity index (χ1) is 8.59. The Morgan fingerprint density at radius 2 is 2.33 bits per heavy atom. The van der Waals surface area contributed by atoms with Crippen molar-refractivity contribution in [3.8, 4) is 6.07 Å². The topological polar surface area (TPSA) is 53.2 Å². The van der Waals surface area contributed by atoms with Gasteiger partial charge in [-0.25, -0.2) is 0 Å². The smallest absolute Gasteiger partial charge is 0.111 e. The van der Waals surface area contributed by atoms with Crippen molar-refractivity contribution in [2.75, 3.05) is 13.2 Å². The lowest BCUT2D eigenvalue weighted by Gasteiger charge is -2.35. The molecule has 0 aromatic heterocycles. The summed E-state index contributed by atoms with van der Waals surface area (Å²) >= 11 is 9.32. The Kier molecular flexibility index (Phi) is 4.29. The molecule has 0 aliphatic carbocycles. The van der Waals surface area contributed by atoms with E-state index in [1.54, 1.807) is 18.2 Å². The standard InChI is InChI=1S/C13H13BrClNO2/c14-11-3-2-9(15)6-10(11)12(17)13(7-16)4-1-5-18-8-13/h2-3,6,12,17H,1,4-5,8H2. The molecule has 1 fully saturated rings. The average molecular weight is 331 g/mol. The van der Waals surface area contributed by atoms with Gasteiger partial charge in [-0.3, -0.25) is 0 Å². The molecule has 1 aliphatic heterocycles. The Morgan fingerprint density at radius 1 is 1.56 bits per heavy atom. The molecule has 18 heavy (non-hydrogen) atoms. The normalized spacial score (nSPS) is 25.4. The number of ether oxygens (including phenoxy) is 1. The van der Waals surface area contributed by atoms with Gasteiger partial charge in [-0.05, 0) is 36.6 Å². The van der Waals surface area contributed by atoms with Crippen molar-refractivity contribution in [3.63, 3.8) is 0 Å². The van der Waals surface area contributed by atoms with Gasteiger partial charge in [0.25, 0.3) is 0 Å². The minimum atomic E-state index is -0.907. The molecule has 3 nitrogen and oxygen atoms in total. The fourth-order valence-electron chi connectivity index (χ4n) is 2.20. The molecule has 96 valence electrons. The lowest BCUT2D eigenvalue weighted by atomic mass is 9.76. The van der Waals surface area contributed by atoms with Crippen molar-refractivity contribution in [3.05, 3.63) is 33.3 Å². The molecular formula is C13H13BrClNO2. The van der Waals surface area contributed by atoms with Gasteiger partial charge < -0.3 is 9.84 Å². The Labute approximate surface area is 119 Å². The van der Waals surface area contributed by atoms with E-state index in [0.717, 1.165) is 10.9 Å². The molecule has 1 aromatic rings. The van der Waals surface area contributed by atoms with E-state index in [1.165, 1.54) is 0 Å². The highest BCUT2D eigenvalue weighted by atomic mass is 79.9. The summed E-state index contributed by atoms with van der Waals surface area (Å²) in [7, 11) is 0. The molecule has 0 saturated carbocycles. The maximum atomic E-state index is 10.5. The number of hydrogen-bond acceptors (Lipinski definition) is 3. The van der Waals surface area contributed by atoms with Crippen molar-refractivity contribution in [2.24, 2.45) is 5.41 Å². The van der Waals surface area contributed by atoms with E-state index in [9.17, 15) is 10.4 Å². The highest BCUT2D eigenvalue weighted by molar-refractivity contribution is 9.10. The monoisotopic (exact) mass is 329 g/mol. The van der Waals surface area contributed by atoms with Crippen LogP contribution in [0.4, 0.5) is 0 Å². The molecule has 1 heterocycles. The molecule has 2 unspecified atom stereocenters. The van der Waals surface area contributed by atoms with E-state index in [4.69, 9.17) is 16.3 Å². The SMILES string of the molecule is N#CC1(C(O)c2cc(Cl)ccc2Br)CCCOC1. The second-order valence-corrected chi connectivity index (χ2v) is 5.78. The van der Waals surface area contributed by atoms with Crippen LogP contribution in [0.25, 0.3) is 0 Å². The van der Waals surface area contributed by atoms with Gasteiger partial charge in [0.15, 0.2) is 0 Å². The molecule has 0 radical (unpaired) electrons. The van der Waals surface area contributed by atoms with Crippen molar-refractivity contribution in [1.82, 2.24) is 0 Å². The second kappa shape index (κ2) is 5.58. The van der Waals surface area contributed by atoms with E-state index in [0.29, 0.717) is 23.6 Å². The van der Waals surface area contributed by atoms with Gasteiger partial charge in [0.05, 0.1) is 12.7 Å². The van der Waals surface area contributed by atoms with Crippen LogP contribution < -0.4 is 0 Å². The van der Waals surface area contributed by atoms with Gasteiger partial charge in [-0.2, -0.15) is 5.26 Å². The Bertz CT molecular complexity index is 480. The van der Waals surface area contributed by atoms with E-state index in [-0.39, 0.29) is 6.61 Å². The third-order valence-electron chi connectivity index (χ3n) is 3.27. The number of aliphatic hydroxyl groups excluding tert-OH is 1. The zero-order valence-corrected chi connectivity index (χ0v) is 12.0. The summed E-state index contributed by atoms with van der Waals surface area (Å²) in [4.78, 5) is 0. The highest BCUT2D eigenvalue weighted by Crippen LogP contribution is 2.43. The molecule has 1 N–H and O–H groups in total. The van der Waals surface area contributed by atoms with E-state index >= 15 is 0 Å². The van der Waals surface area contributed by atoms with Crippen molar-refractivity contribution in [1.29, 1.82) is 5.26 Å². The third kappa shape index (κ3) is 2.55. The summed E-state index contributed by atoms with van der Waals surface area (Å²) < 4.78 is 6.11. The third-order valence-corrected chi connectivity index (χ3v) is 4.23. The maximum Gasteiger partial charge on any atom is 0.111 e. The fourth-order valence-corrected chi connectivity index (χ4v) is 2.85. The summed E-state index contributed by atoms with van der Waals surface area (Å²) in [5.41, 5.74) is -0.250. The molecular weight excluding hydrogens is 318 g/mol. The Hall–Kier alpha value is -0.600. The van der Waals surface area contributed by atoms with Gasteiger partial charge in [-0.15, -0.1) is 0 Å². The quantitative estimate of drug-likeness (QED) is 0.903. The summed E-state index contributed by atoms with van der Waals surface area (Å²) in [6.07, 6.45) is 0.503. The lowest BCUT2D eigenvalue weighted by Crippen LogP contribution is -2.36. The van der Waals surface area contributed by atoms with Crippen molar-refractivity contribution in [2.45, 2.75) is 18.9 Å². The highest BCUT2D eigenvalue weighted by Gasteiger charge is 2.42. The largest absolute Gasteiger partial charge is 0.387 e. The van der Waals surface area contributed by atoms with Crippen LogP contribution >= 0.6 is 27.5 Å². The van der Waals surface area contributed by atoms with E-state index in [1.807, 2.05) is 0 Å². The number of nitriles is 1. The van der Waals surface area contributed by atoms with Crippen LogP contribution in [0.5, 0.6) is 0 Å². The molecule has 0 bridgehead atoms. The van der Waals surface area contributed by atoms with Gasteiger partial charge in [-0.1, -0.05) is 27.5 Å². The minimum absolute atomic E-state index is 0.254. The number of halogens is 2. The summed E-state index contributed by atoms with van der Waals surface area (Å²) in [6.45, 7) is 0.899. The fraction of sp³-hybridized carbons (Fsp3) is 0.462. The predicted molar refractivity (Wildman–Crippen MR) is 72.2 cm³/mol. The van der Waals surface area contributed by atoms with Gasteiger partial charge in [0.2, 0.25) is 0 Å². The molecule has 1 aromatic carbocycles. The Balaban J connectivity index is 2.37. The van der Waals surface area contributed by atoms with Crippen LogP contribution in [-0.2, 0) is 4.74 Å². The summed E-state index contributed by atoms with van der Waals surface area (Å²) in [6, 6.07) is 7.42. The number of nitrogens with zero attached hydrogens (tertiary/aromatic N) is 1. The van der Waals surface area contributed by atoms with Crippen LogP contribution in [0.1, 0.15) is 24.5 Å². The zero-order valence-electron chi connectivity index (χ0n) is 9.70. The number of hydrogen-bond donors (Lipinski definition) is 1. The predicted octanol–water partition coefficient (Wildman–Crippen LogP) is 3.46. The molecule has 2 rings (SSSR count). The van der Waals surface area contributed by atoms with Crippen molar-refractivity contribution >= 4 is 27.5 Å². The van der Waals surface area contributed by atoms with E-state index in [2.05, 4.69) is 22.0 Å². The Morgan fingerprint density at radius 3 is 2.94 bits per heavy atom. The molecule has 0 amide bonds. The minimum Gasteiger partial charge on any atom is -0.387 e. The first kappa shape index (κ1) is 13.8. The molecule has 2 atom stereocenters. The summed E-state index contributed by atoms with van der Waals surface area (Å²) in [5.74, 6) is 0. The summed E-state index contributed by atoms with van der Waals surface area (Å²) in [5, 5.41) is 20.4. The molecule has 1 saturated heterocycles. The van der Waals surface area contributed by atoms with Crippen LogP contribution in [0.2, 0.25) is 5.02 Å². The molecule has 0 spiro atoms. The zero-order chi connectivity index (χ0) is 13.2. The van der Waals surface area contributed by atoms with Gasteiger partial charge in [0, 0.05) is 16.1 Å². The van der Waals surface area contributed by atoms with Crippen LogP contribution in [-0.4, -0.2) is 18.3 Å². The maximum absolute atomic E-state index is 10.5. The lowest BCUT2D eigenvalue weighted by molar-refractivity contribution is -0.0508. The van der Waals surface area contributed by atoms with Crippen molar-refractivity contribution < 1.29 is 9.84 Å². The first-order valence-electron chi connectivity index (χ1n) is 5.71. The number of benzene rings is 1. The number of rotatable bonds is 2. The molecule has 1 aliphatic rings. The number of aliphatic hydroxyl groups is 1. The first-order valence-corrected chi connectivity index (χ1v) is 6.88. The van der Waals surface area contributed by atoms with Gasteiger partial charge >= 0.3 is 0 Å². The van der Waals surface area contributed by atoms with E-state index < -0.39 is 11.5 Å². The van der Waals surface area contributed by atoms with Crippen LogP contribution in [0, 0.1) is 16.7 Å². The second-order valence-electron chi connectivity index (χ2n) is 4.49. The van der Waals surface area contributed by atoms with Crippen LogP contribution in [0.3, 0.4) is 0 Å².